The number of rotatable bonds is 6. The van der Waals surface area contributed by atoms with Crippen LogP contribution in [0.3, 0.4) is 0 Å². The maximum atomic E-state index is 12.4. The van der Waals surface area contributed by atoms with Gasteiger partial charge in [0, 0.05) is 37.4 Å². The molecule has 2 aromatic carbocycles. The lowest BCUT2D eigenvalue weighted by Gasteiger charge is -2.34. The number of alkyl halides is 3. The average Bonchev–Trinajstić information content (AvgIpc) is 3.47. The first-order valence-corrected chi connectivity index (χ1v) is 11.5. The summed E-state index contributed by atoms with van der Waals surface area (Å²) in [5.74, 6) is 1.14. The molecule has 0 amide bonds. The van der Waals surface area contributed by atoms with Gasteiger partial charge in [0.2, 0.25) is 12.1 Å². The number of amidine groups is 1. The SMILES string of the molecule is Cc1nc(C2=NC(c3ccc(OC(F)(F)F)cc3)ON2)nn1Cc1cccc(N2CCN(C)CC2)c1. The molecule has 1 N–H and O–H groups in total. The summed E-state index contributed by atoms with van der Waals surface area (Å²) in [5.41, 5.74) is 5.59. The van der Waals surface area contributed by atoms with Gasteiger partial charge in [0.25, 0.3) is 0 Å². The predicted octanol–water partition coefficient (Wildman–Crippen LogP) is 3.27. The third kappa shape index (κ3) is 5.60. The van der Waals surface area contributed by atoms with Gasteiger partial charge in [-0.2, -0.15) is 0 Å². The molecule has 3 heterocycles. The molecule has 3 aromatic rings. The Morgan fingerprint density at radius 1 is 1.08 bits per heavy atom. The minimum absolute atomic E-state index is 0.311. The summed E-state index contributed by atoms with van der Waals surface area (Å²) in [4.78, 5) is 19.2. The third-order valence-electron chi connectivity index (χ3n) is 6.09. The monoisotopic (exact) mass is 501 g/mol. The molecule has 1 aromatic heterocycles. The zero-order chi connectivity index (χ0) is 25.3. The van der Waals surface area contributed by atoms with Crippen LogP contribution in [0.4, 0.5) is 18.9 Å². The molecule has 1 saturated heterocycles. The van der Waals surface area contributed by atoms with E-state index in [2.05, 4.69) is 66.4 Å². The molecule has 1 fully saturated rings. The Morgan fingerprint density at radius 3 is 2.56 bits per heavy atom. The van der Waals surface area contributed by atoms with Crippen molar-refractivity contribution in [2.75, 3.05) is 38.1 Å². The van der Waals surface area contributed by atoms with Crippen LogP contribution < -0.4 is 15.1 Å². The van der Waals surface area contributed by atoms with Crippen molar-refractivity contribution in [1.29, 1.82) is 0 Å². The average molecular weight is 502 g/mol. The van der Waals surface area contributed by atoms with Gasteiger partial charge in [0.1, 0.15) is 11.6 Å². The number of halogens is 3. The van der Waals surface area contributed by atoms with Crippen molar-refractivity contribution in [3.05, 3.63) is 71.3 Å². The van der Waals surface area contributed by atoms with E-state index in [0.29, 0.717) is 23.8 Å². The first kappa shape index (κ1) is 24.1. The van der Waals surface area contributed by atoms with E-state index in [1.54, 1.807) is 4.68 Å². The highest BCUT2D eigenvalue weighted by Gasteiger charge is 2.31. The maximum absolute atomic E-state index is 12.4. The number of aliphatic imine (C=N–C) groups is 1. The Kier molecular flexibility index (Phi) is 6.54. The van der Waals surface area contributed by atoms with E-state index in [1.807, 2.05) is 6.92 Å². The fourth-order valence-electron chi connectivity index (χ4n) is 4.12. The highest BCUT2D eigenvalue weighted by molar-refractivity contribution is 5.95. The number of likely N-dealkylation sites (N-methyl/N-ethyl adjacent to an activating group) is 1. The standard InChI is InChI=1S/C24H26F3N7O2/c1-16-28-21(22-29-23(36-31-22)18-6-8-20(9-7-18)35-24(25,26)27)30-34(16)15-17-4-3-5-19(14-17)33-12-10-32(2)11-13-33/h3-9,14,23H,10-13,15H2,1-2H3,(H,29,31). The first-order valence-electron chi connectivity index (χ1n) is 11.5. The summed E-state index contributed by atoms with van der Waals surface area (Å²) < 4.78 is 42.8. The van der Waals surface area contributed by atoms with E-state index < -0.39 is 12.6 Å². The lowest BCUT2D eigenvalue weighted by atomic mass is 10.1. The molecule has 1 atom stereocenters. The molecule has 36 heavy (non-hydrogen) atoms. The number of hydrogen-bond donors (Lipinski definition) is 1. The second-order valence-electron chi connectivity index (χ2n) is 8.77. The maximum Gasteiger partial charge on any atom is 0.573 e. The number of aromatic nitrogens is 3. The topological polar surface area (TPSA) is 80.0 Å². The summed E-state index contributed by atoms with van der Waals surface area (Å²) in [6, 6.07) is 13.8. The minimum atomic E-state index is -4.74. The summed E-state index contributed by atoms with van der Waals surface area (Å²) in [6.07, 6.45) is -5.49. The zero-order valence-electron chi connectivity index (χ0n) is 19.9. The van der Waals surface area contributed by atoms with Crippen LogP contribution in [0, 0.1) is 6.92 Å². The van der Waals surface area contributed by atoms with E-state index >= 15 is 0 Å². The van der Waals surface area contributed by atoms with Gasteiger partial charge in [-0.15, -0.1) is 18.3 Å². The number of nitrogens with zero attached hydrogens (tertiary/aromatic N) is 6. The number of piperazine rings is 1. The first-order chi connectivity index (χ1) is 17.2. The van der Waals surface area contributed by atoms with Crippen molar-refractivity contribution in [2.45, 2.75) is 26.1 Å². The second kappa shape index (κ2) is 9.78. The van der Waals surface area contributed by atoms with Crippen LogP contribution in [-0.2, 0) is 11.4 Å². The molecule has 1 unspecified atom stereocenters. The fourth-order valence-corrected chi connectivity index (χ4v) is 4.12. The van der Waals surface area contributed by atoms with Gasteiger partial charge >= 0.3 is 6.36 Å². The van der Waals surface area contributed by atoms with E-state index in [0.717, 1.165) is 37.6 Å². The molecule has 12 heteroatoms. The quantitative estimate of drug-likeness (QED) is 0.556. The van der Waals surface area contributed by atoms with Crippen LogP contribution in [0.25, 0.3) is 0 Å². The normalized spacial score (nSPS) is 18.8. The number of hydrogen-bond acceptors (Lipinski definition) is 8. The Hall–Kier alpha value is -3.64. The molecule has 2 aliphatic heterocycles. The van der Waals surface area contributed by atoms with Gasteiger partial charge in [0.05, 0.1) is 6.54 Å². The van der Waals surface area contributed by atoms with Gasteiger partial charge in [0.15, 0.2) is 5.84 Å². The molecule has 0 spiro atoms. The van der Waals surface area contributed by atoms with Gasteiger partial charge in [-0.05, 0) is 43.8 Å². The van der Waals surface area contributed by atoms with Crippen molar-refractivity contribution in [1.82, 2.24) is 25.1 Å². The highest BCUT2D eigenvalue weighted by atomic mass is 19.4. The van der Waals surface area contributed by atoms with Crippen LogP contribution in [0.5, 0.6) is 5.75 Å². The van der Waals surface area contributed by atoms with Crippen molar-refractivity contribution < 1.29 is 22.7 Å². The number of nitrogens with one attached hydrogen (secondary N) is 1. The van der Waals surface area contributed by atoms with Crippen LogP contribution in [0.15, 0.2) is 53.5 Å². The third-order valence-corrected chi connectivity index (χ3v) is 6.09. The van der Waals surface area contributed by atoms with Crippen molar-refractivity contribution in [2.24, 2.45) is 4.99 Å². The predicted molar refractivity (Wildman–Crippen MR) is 127 cm³/mol. The Bertz CT molecular complexity index is 1240. The zero-order valence-corrected chi connectivity index (χ0v) is 19.9. The summed E-state index contributed by atoms with van der Waals surface area (Å²) in [6.45, 7) is 6.50. The number of hydroxylamine groups is 1. The van der Waals surface area contributed by atoms with Crippen molar-refractivity contribution >= 4 is 11.5 Å². The largest absolute Gasteiger partial charge is 0.573 e. The fraction of sp³-hybridized carbons (Fsp3) is 0.375. The molecule has 5 rings (SSSR count). The summed E-state index contributed by atoms with van der Waals surface area (Å²) in [7, 11) is 2.14. The molecule has 0 aliphatic carbocycles. The van der Waals surface area contributed by atoms with Crippen LogP contribution in [0.2, 0.25) is 0 Å². The number of aryl methyl sites for hydroxylation is 1. The van der Waals surface area contributed by atoms with Gasteiger partial charge in [-0.3, -0.25) is 0 Å². The Labute approximate surface area is 206 Å². The summed E-state index contributed by atoms with van der Waals surface area (Å²) in [5, 5.41) is 4.59. The second-order valence-corrected chi connectivity index (χ2v) is 8.77. The Balaban J connectivity index is 1.27. The highest BCUT2D eigenvalue weighted by Crippen LogP contribution is 2.27. The minimum Gasteiger partial charge on any atom is -0.406 e. The molecule has 0 radical (unpaired) electrons. The van der Waals surface area contributed by atoms with Crippen LogP contribution in [-0.4, -0.2) is 65.1 Å². The summed E-state index contributed by atoms with van der Waals surface area (Å²) >= 11 is 0. The lowest BCUT2D eigenvalue weighted by Crippen LogP contribution is -2.44. The van der Waals surface area contributed by atoms with E-state index in [-0.39, 0.29) is 5.75 Å². The number of ether oxygens (including phenoxy) is 1. The molecule has 2 aliphatic rings. The van der Waals surface area contributed by atoms with Gasteiger partial charge < -0.3 is 14.5 Å². The molecule has 9 nitrogen and oxygen atoms in total. The molecular weight excluding hydrogens is 475 g/mol. The lowest BCUT2D eigenvalue weighted by molar-refractivity contribution is -0.274. The van der Waals surface area contributed by atoms with E-state index in [4.69, 9.17) is 4.84 Å². The van der Waals surface area contributed by atoms with Gasteiger partial charge in [-0.25, -0.2) is 25.0 Å². The smallest absolute Gasteiger partial charge is 0.406 e. The Morgan fingerprint density at radius 2 is 1.83 bits per heavy atom. The molecule has 190 valence electrons. The van der Waals surface area contributed by atoms with Crippen LogP contribution in [0.1, 0.15) is 29.0 Å². The number of benzene rings is 2. The van der Waals surface area contributed by atoms with E-state index in [9.17, 15) is 13.2 Å². The van der Waals surface area contributed by atoms with Crippen LogP contribution >= 0.6 is 0 Å². The van der Waals surface area contributed by atoms with Gasteiger partial charge in [-0.1, -0.05) is 24.3 Å². The van der Waals surface area contributed by atoms with Crippen molar-refractivity contribution in [3.8, 4) is 5.75 Å². The molecule has 0 bridgehead atoms. The molecule has 0 saturated carbocycles. The molecular formula is C24H26F3N7O2. The van der Waals surface area contributed by atoms with E-state index in [1.165, 1.54) is 30.0 Å². The number of anilines is 1. The van der Waals surface area contributed by atoms with Crippen molar-refractivity contribution in [3.63, 3.8) is 0 Å².